The summed E-state index contributed by atoms with van der Waals surface area (Å²) < 4.78 is 6.79. The number of halogens is 1. The molecule has 1 heterocycles. The molecule has 0 spiro atoms. The first-order valence-electron chi connectivity index (χ1n) is 6.96. The van der Waals surface area contributed by atoms with Crippen LogP contribution in [-0.2, 0) is 11.2 Å². The Morgan fingerprint density at radius 2 is 2.17 bits per heavy atom. The molecule has 0 bridgehead atoms. The number of hydrogen-bond acceptors (Lipinski definition) is 3. The zero-order valence-corrected chi connectivity index (χ0v) is 12.2. The van der Waals surface area contributed by atoms with Gasteiger partial charge in [0.25, 0.3) is 0 Å². The average molecular weight is 286 g/mol. The van der Waals surface area contributed by atoms with Crippen LogP contribution in [0, 0.1) is 0 Å². The van der Waals surface area contributed by atoms with Gasteiger partial charge in [-0.25, -0.2) is 0 Å². The monoisotopic (exact) mass is 285 g/mol. The van der Waals surface area contributed by atoms with Gasteiger partial charge < -0.3 is 10.1 Å². The maximum absolute atomic E-state index is 6.06. The van der Waals surface area contributed by atoms with Gasteiger partial charge in [0.2, 0.25) is 0 Å². The molecule has 1 saturated carbocycles. The molecule has 0 aromatic carbocycles. The predicted octanol–water partition coefficient (Wildman–Crippen LogP) is 3.94. The van der Waals surface area contributed by atoms with E-state index in [9.17, 15) is 0 Å². The molecule has 100 valence electrons. The van der Waals surface area contributed by atoms with Gasteiger partial charge in [-0.2, -0.15) is 0 Å². The van der Waals surface area contributed by atoms with Crippen LogP contribution >= 0.6 is 22.9 Å². The Bertz CT molecular complexity index is 400. The molecule has 18 heavy (non-hydrogen) atoms. The van der Waals surface area contributed by atoms with Gasteiger partial charge in [-0.05, 0) is 37.3 Å². The Kier molecular flexibility index (Phi) is 4.24. The second-order valence-corrected chi connectivity index (χ2v) is 7.02. The molecule has 2 nitrogen and oxygen atoms in total. The van der Waals surface area contributed by atoms with Crippen LogP contribution < -0.4 is 5.32 Å². The van der Waals surface area contributed by atoms with Crippen LogP contribution in [0.25, 0.3) is 0 Å². The highest BCUT2D eigenvalue weighted by Gasteiger charge is 2.24. The van der Waals surface area contributed by atoms with E-state index < -0.39 is 0 Å². The summed E-state index contributed by atoms with van der Waals surface area (Å²) in [5.74, 6) is 0. The molecule has 0 amide bonds. The second kappa shape index (κ2) is 5.91. The van der Waals surface area contributed by atoms with Gasteiger partial charge in [-0.3, -0.25) is 0 Å². The van der Waals surface area contributed by atoms with Gasteiger partial charge in [0, 0.05) is 17.5 Å². The van der Waals surface area contributed by atoms with Gasteiger partial charge in [0.1, 0.15) is 0 Å². The van der Waals surface area contributed by atoms with Crippen molar-refractivity contribution in [3.8, 4) is 0 Å². The van der Waals surface area contributed by atoms with Crippen molar-refractivity contribution < 1.29 is 4.74 Å². The zero-order chi connectivity index (χ0) is 12.4. The highest BCUT2D eigenvalue weighted by atomic mass is 35.5. The number of rotatable bonds is 5. The van der Waals surface area contributed by atoms with Crippen LogP contribution in [0.5, 0.6) is 0 Å². The maximum atomic E-state index is 6.06. The highest BCUT2D eigenvalue weighted by Crippen LogP contribution is 2.39. The van der Waals surface area contributed by atoms with E-state index in [1.54, 1.807) is 11.3 Å². The standard InChI is InChI=1S/C14H20ClNOS/c15-14-9-11-12(5-6-13(11)18-14)16-7-8-17-10-3-1-2-4-10/h9-10,12,16H,1-8H2. The second-order valence-electron chi connectivity index (χ2n) is 5.25. The fourth-order valence-corrected chi connectivity index (χ4v) is 4.41. The SMILES string of the molecule is Clc1cc2c(s1)CCC2NCCOC1CCCC1. The molecule has 0 aliphatic heterocycles. The molecular formula is C14H20ClNOS. The maximum Gasteiger partial charge on any atom is 0.0934 e. The molecule has 1 fully saturated rings. The fraction of sp³-hybridized carbons (Fsp3) is 0.714. The quantitative estimate of drug-likeness (QED) is 0.828. The van der Waals surface area contributed by atoms with Crippen molar-refractivity contribution in [2.45, 2.75) is 50.7 Å². The summed E-state index contributed by atoms with van der Waals surface area (Å²) >= 11 is 7.79. The Labute approximate surface area is 118 Å². The third-order valence-electron chi connectivity index (χ3n) is 4.00. The van der Waals surface area contributed by atoms with E-state index in [0.717, 1.165) is 17.5 Å². The summed E-state index contributed by atoms with van der Waals surface area (Å²) in [5, 5.41) is 3.60. The van der Waals surface area contributed by atoms with Crippen LogP contribution in [0.15, 0.2) is 6.07 Å². The van der Waals surface area contributed by atoms with Crippen LogP contribution in [0.2, 0.25) is 4.34 Å². The van der Waals surface area contributed by atoms with Crippen molar-refractivity contribution in [2.75, 3.05) is 13.2 Å². The summed E-state index contributed by atoms with van der Waals surface area (Å²) in [6.45, 7) is 1.79. The first-order valence-corrected chi connectivity index (χ1v) is 8.15. The molecular weight excluding hydrogens is 266 g/mol. The summed E-state index contributed by atoms with van der Waals surface area (Å²) in [4.78, 5) is 1.47. The largest absolute Gasteiger partial charge is 0.377 e. The lowest BCUT2D eigenvalue weighted by molar-refractivity contribution is 0.0591. The zero-order valence-electron chi connectivity index (χ0n) is 10.6. The summed E-state index contributed by atoms with van der Waals surface area (Å²) in [6.07, 6.45) is 8.12. The van der Waals surface area contributed by atoms with Gasteiger partial charge in [0.05, 0.1) is 17.0 Å². The minimum absolute atomic E-state index is 0.496. The summed E-state index contributed by atoms with van der Waals surface area (Å²) in [6, 6.07) is 2.63. The Morgan fingerprint density at radius 1 is 1.33 bits per heavy atom. The summed E-state index contributed by atoms with van der Waals surface area (Å²) in [7, 11) is 0. The third-order valence-corrected chi connectivity index (χ3v) is 5.34. The lowest BCUT2D eigenvalue weighted by Gasteiger charge is -2.15. The van der Waals surface area contributed by atoms with E-state index in [4.69, 9.17) is 16.3 Å². The van der Waals surface area contributed by atoms with Crippen LogP contribution in [0.4, 0.5) is 0 Å². The molecule has 2 aliphatic rings. The van der Waals surface area contributed by atoms with Crippen molar-refractivity contribution in [3.05, 3.63) is 20.8 Å². The molecule has 2 aliphatic carbocycles. The topological polar surface area (TPSA) is 21.3 Å². The molecule has 1 atom stereocenters. The van der Waals surface area contributed by atoms with Crippen LogP contribution in [0.1, 0.15) is 48.6 Å². The number of ether oxygens (including phenoxy) is 1. The van der Waals surface area contributed by atoms with Crippen molar-refractivity contribution in [1.29, 1.82) is 0 Å². The smallest absolute Gasteiger partial charge is 0.0934 e. The van der Waals surface area contributed by atoms with E-state index >= 15 is 0 Å². The van der Waals surface area contributed by atoms with Crippen LogP contribution in [-0.4, -0.2) is 19.3 Å². The van der Waals surface area contributed by atoms with E-state index in [2.05, 4.69) is 11.4 Å². The Hall–Kier alpha value is -0.0900. The minimum Gasteiger partial charge on any atom is -0.377 e. The number of hydrogen-bond donors (Lipinski definition) is 1. The van der Waals surface area contributed by atoms with E-state index in [0.29, 0.717) is 12.1 Å². The molecule has 1 unspecified atom stereocenters. The lowest BCUT2D eigenvalue weighted by atomic mass is 10.2. The van der Waals surface area contributed by atoms with Gasteiger partial charge in [0.15, 0.2) is 0 Å². The van der Waals surface area contributed by atoms with Crippen molar-refractivity contribution in [2.24, 2.45) is 0 Å². The number of fused-ring (bicyclic) bond motifs is 1. The third kappa shape index (κ3) is 2.90. The number of nitrogens with one attached hydrogen (secondary N) is 1. The van der Waals surface area contributed by atoms with Gasteiger partial charge >= 0.3 is 0 Å². The molecule has 3 rings (SSSR count). The molecule has 0 radical (unpaired) electrons. The first kappa shape index (κ1) is 12.9. The Balaban J connectivity index is 1.41. The van der Waals surface area contributed by atoms with Crippen molar-refractivity contribution in [1.82, 2.24) is 5.32 Å². The van der Waals surface area contributed by atoms with E-state index in [-0.39, 0.29) is 0 Å². The minimum atomic E-state index is 0.496. The fourth-order valence-electron chi connectivity index (χ4n) is 3.06. The number of aryl methyl sites for hydroxylation is 1. The van der Waals surface area contributed by atoms with Gasteiger partial charge in [-0.15, -0.1) is 11.3 Å². The first-order chi connectivity index (χ1) is 8.83. The average Bonchev–Trinajstić information content (AvgIpc) is 3.02. The van der Waals surface area contributed by atoms with E-state index in [1.165, 1.54) is 49.0 Å². The highest BCUT2D eigenvalue weighted by molar-refractivity contribution is 7.16. The summed E-state index contributed by atoms with van der Waals surface area (Å²) in [5.41, 5.74) is 1.42. The normalized spacial score (nSPS) is 23.7. The molecule has 1 aromatic heterocycles. The van der Waals surface area contributed by atoms with E-state index in [1.807, 2.05) is 0 Å². The van der Waals surface area contributed by atoms with Crippen molar-refractivity contribution >= 4 is 22.9 Å². The lowest BCUT2D eigenvalue weighted by Crippen LogP contribution is -2.25. The predicted molar refractivity (Wildman–Crippen MR) is 76.6 cm³/mol. The molecule has 0 saturated heterocycles. The molecule has 4 heteroatoms. The van der Waals surface area contributed by atoms with Crippen LogP contribution in [0.3, 0.4) is 0 Å². The number of thiophene rings is 1. The molecule has 1 N–H and O–H groups in total. The van der Waals surface area contributed by atoms with Gasteiger partial charge in [-0.1, -0.05) is 24.4 Å². The van der Waals surface area contributed by atoms with Crippen molar-refractivity contribution in [3.63, 3.8) is 0 Å². The molecule has 1 aromatic rings. The Morgan fingerprint density at radius 3 is 3.00 bits per heavy atom.